The molecule has 142 valence electrons. The van der Waals surface area contributed by atoms with Gasteiger partial charge in [-0.25, -0.2) is 0 Å². The Labute approximate surface area is 160 Å². The first kappa shape index (κ1) is 19.0. The Balaban J connectivity index is 1.51. The quantitative estimate of drug-likeness (QED) is 0.817. The molecule has 0 radical (unpaired) electrons. The Morgan fingerprint density at radius 3 is 2.23 bits per heavy atom. The van der Waals surface area contributed by atoms with Gasteiger partial charge in [0.15, 0.2) is 0 Å². The summed E-state index contributed by atoms with van der Waals surface area (Å²) in [6.07, 6.45) is 5.79. The number of hydrogen-bond donors (Lipinski definition) is 1. The van der Waals surface area contributed by atoms with Crippen molar-refractivity contribution >= 4 is 34.8 Å². The first-order chi connectivity index (χ1) is 12.5. The fraction of sp³-hybridized carbons (Fsp3) is 0.600. The van der Waals surface area contributed by atoms with E-state index in [4.69, 9.17) is 11.6 Å². The fourth-order valence-electron chi connectivity index (χ4n) is 3.79. The third kappa shape index (κ3) is 4.70. The van der Waals surface area contributed by atoms with E-state index in [0.717, 1.165) is 50.4 Å². The highest BCUT2D eigenvalue weighted by Crippen LogP contribution is 2.26. The van der Waals surface area contributed by atoms with E-state index in [2.05, 4.69) is 10.2 Å². The van der Waals surface area contributed by atoms with Crippen molar-refractivity contribution in [3.05, 3.63) is 24.3 Å². The molecule has 0 spiro atoms. The lowest BCUT2D eigenvalue weighted by molar-refractivity contribution is -0.136. The normalized spacial score (nSPS) is 19.9. The third-order valence-corrected chi connectivity index (χ3v) is 5.61. The maximum atomic E-state index is 12.7. The minimum atomic E-state index is -0.551. The molecule has 1 unspecified atom stereocenters. The number of alkyl halides is 1. The fourth-order valence-corrected chi connectivity index (χ4v) is 3.84. The number of rotatable bonds is 4. The van der Waals surface area contributed by atoms with Crippen LogP contribution in [0, 0.1) is 5.92 Å². The molecular formula is C20H28ClN3O2. The second kappa shape index (κ2) is 8.76. The van der Waals surface area contributed by atoms with Crippen molar-refractivity contribution in [1.29, 1.82) is 0 Å². The van der Waals surface area contributed by atoms with Crippen LogP contribution in [-0.4, -0.2) is 48.3 Å². The first-order valence-corrected chi connectivity index (χ1v) is 10.1. The van der Waals surface area contributed by atoms with Crippen LogP contribution in [0.3, 0.4) is 0 Å². The average molecular weight is 378 g/mol. The van der Waals surface area contributed by atoms with Crippen LogP contribution in [0.15, 0.2) is 24.3 Å². The summed E-state index contributed by atoms with van der Waals surface area (Å²) < 4.78 is 0. The topological polar surface area (TPSA) is 52.7 Å². The summed E-state index contributed by atoms with van der Waals surface area (Å²) in [5.74, 6) is 0.411. The van der Waals surface area contributed by atoms with Crippen molar-refractivity contribution in [2.45, 2.75) is 44.4 Å². The molecule has 1 aromatic rings. The van der Waals surface area contributed by atoms with E-state index in [1.54, 1.807) is 6.92 Å². The minimum Gasteiger partial charge on any atom is -0.368 e. The first-order valence-electron chi connectivity index (χ1n) is 9.63. The lowest BCUT2D eigenvalue weighted by Crippen LogP contribution is -2.50. The van der Waals surface area contributed by atoms with Crippen molar-refractivity contribution in [3.8, 4) is 0 Å². The highest BCUT2D eigenvalue weighted by molar-refractivity contribution is 6.32. The van der Waals surface area contributed by atoms with Crippen LogP contribution in [0.2, 0.25) is 0 Å². The van der Waals surface area contributed by atoms with Crippen LogP contribution < -0.4 is 10.2 Å². The molecule has 26 heavy (non-hydrogen) atoms. The molecule has 5 nitrogen and oxygen atoms in total. The average Bonchev–Trinajstić information content (AvgIpc) is 2.69. The van der Waals surface area contributed by atoms with Crippen LogP contribution in [0.1, 0.15) is 39.0 Å². The van der Waals surface area contributed by atoms with Crippen LogP contribution in [-0.2, 0) is 9.59 Å². The number of carbonyl (C=O) groups is 2. The van der Waals surface area contributed by atoms with Gasteiger partial charge in [-0.05, 0) is 44.0 Å². The van der Waals surface area contributed by atoms with E-state index in [9.17, 15) is 9.59 Å². The van der Waals surface area contributed by atoms with Gasteiger partial charge in [-0.2, -0.15) is 0 Å². The summed E-state index contributed by atoms with van der Waals surface area (Å²) in [4.78, 5) is 28.6. The number of hydrogen-bond acceptors (Lipinski definition) is 3. The van der Waals surface area contributed by atoms with Gasteiger partial charge in [0.1, 0.15) is 5.38 Å². The molecule has 1 atom stereocenters. The van der Waals surface area contributed by atoms with Gasteiger partial charge < -0.3 is 15.1 Å². The molecule has 0 bridgehead atoms. The molecule has 1 aromatic carbocycles. The van der Waals surface area contributed by atoms with E-state index in [-0.39, 0.29) is 11.8 Å². The Bertz CT molecular complexity index is 618. The molecule has 2 aliphatic rings. The molecule has 3 rings (SSSR count). The number of nitrogens with zero attached hydrogens (tertiary/aromatic N) is 2. The van der Waals surface area contributed by atoms with Crippen molar-refractivity contribution < 1.29 is 9.59 Å². The van der Waals surface area contributed by atoms with Crippen LogP contribution >= 0.6 is 11.6 Å². The SMILES string of the molecule is CC(Cl)C(=O)Nc1ccc(N2CCN(C(=O)C3CCCCC3)CC2)cc1. The Morgan fingerprint density at radius 2 is 1.65 bits per heavy atom. The molecule has 1 saturated carbocycles. The highest BCUT2D eigenvalue weighted by atomic mass is 35.5. The molecule has 1 saturated heterocycles. The summed E-state index contributed by atoms with van der Waals surface area (Å²) in [5.41, 5.74) is 1.86. The summed E-state index contributed by atoms with van der Waals surface area (Å²) in [6.45, 7) is 4.93. The maximum Gasteiger partial charge on any atom is 0.242 e. The number of anilines is 2. The summed E-state index contributed by atoms with van der Waals surface area (Å²) in [6, 6.07) is 7.80. The van der Waals surface area contributed by atoms with E-state index in [1.165, 1.54) is 19.3 Å². The van der Waals surface area contributed by atoms with E-state index >= 15 is 0 Å². The summed E-state index contributed by atoms with van der Waals surface area (Å²) in [7, 11) is 0. The molecule has 2 amide bonds. The second-order valence-corrected chi connectivity index (χ2v) is 7.95. The zero-order valence-electron chi connectivity index (χ0n) is 15.4. The molecule has 1 aliphatic carbocycles. The van der Waals surface area contributed by atoms with Gasteiger partial charge in [0.2, 0.25) is 11.8 Å². The number of amides is 2. The zero-order chi connectivity index (χ0) is 18.5. The molecule has 0 aromatic heterocycles. The van der Waals surface area contributed by atoms with E-state index in [0.29, 0.717) is 5.91 Å². The van der Waals surface area contributed by atoms with Crippen LogP contribution in [0.25, 0.3) is 0 Å². The predicted molar refractivity (Wildman–Crippen MR) is 106 cm³/mol. The van der Waals surface area contributed by atoms with Gasteiger partial charge in [0, 0.05) is 43.5 Å². The summed E-state index contributed by atoms with van der Waals surface area (Å²) in [5, 5.41) is 2.24. The van der Waals surface area contributed by atoms with E-state index < -0.39 is 5.38 Å². The van der Waals surface area contributed by atoms with Gasteiger partial charge in [-0.1, -0.05) is 19.3 Å². The maximum absolute atomic E-state index is 12.7. The molecular weight excluding hydrogens is 350 g/mol. The van der Waals surface area contributed by atoms with Crippen molar-refractivity contribution in [2.24, 2.45) is 5.92 Å². The lowest BCUT2D eigenvalue weighted by atomic mass is 9.88. The predicted octanol–water partition coefficient (Wildman–Crippen LogP) is 3.48. The van der Waals surface area contributed by atoms with E-state index in [1.807, 2.05) is 29.2 Å². The lowest BCUT2D eigenvalue weighted by Gasteiger charge is -2.38. The molecule has 1 N–H and O–H groups in total. The highest BCUT2D eigenvalue weighted by Gasteiger charge is 2.28. The summed E-state index contributed by atoms with van der Waals surface area (Å²) >= 11 is 5.77. The Hall–Kier alpha value is -1.75. The molecule has 1 heterocycles. The standard InChI is InChI=1S/C20H28ClN3O2/c1-15(21)19(25)22-17-7-9-18(10-8-17)23-11-13-24(14-12-23)20(26)16-5-3-2-4-6-16/h7-10,15-16H,2-6,11-14H2,1H3,(H,22,25). The van der Waals surface area contributed by atoms with Crippen LogP contribution in [0.5, 0.6) is 0 Å². The number of carbonyl (C=O) groups excluding carboxylic acids is 2. The number of benzene rings is 1. The minimum absolute atomic E-state index is 0.200. The van der Waals surface area contributed by atoms with Gasteiger partial charge in [-0.15, -0.1) is 11.6 Å². The number of nitrogens with one attached hydrogen (secondary N) is 1. The van der Waals surface area contributed by atoms with Crippen molar-refractivity contribution in [3.63, 3.8) is 0 Å². The Kier molecular flexibility index (Phi) is 6.41. The monoisotopic (exact) mass is 377 g/mol. The molecule has 2 fully saturated rings. The smallest absolute Gasteiger partial charge is 0.242 e. The van der Waals surface area contributed by atoms with Crippen molar-refractivity contribution in [1.82, 2.24) is 4.90 Å². The van der Waals surface area contributed by atoms with Gasteiger partial charge in [0.05, 0.1) is 0 Å². The number of halogens is 1. The van der Waals surface area contributed by atoms with Crippen molar-refractivity contribution in [2.75, 3.05) is 36.4 Å². The van der Waals surface area contributed by atoms with Gasteiger partial charge in [0.25, 0.3) is 0 Å². The molecule has 1 aliphatic heterocycles. The van der Waals surface area contributed by atoms with Gasteiger partial charge in [-0.3, -0.25) is 9.59 Å². The zero-order valence-corrected chi connectivity index (χ0v) is 16.2. The van der Waals surface area contributed by atoms with Crippen LogP contribution in [0.4, 0.5) is 11.4 Å². The largest absolute Gasteiger partial charge is 0.368 e. The van der Waals surface area contributed by atoms with Gasteiger partial charge >= 0.3 is 0 Å². The molecule has 6 heteroatoms. The Morgan fingerprint density at radius 1 is 1.04 bits per heavy atom. The number of piperazine rings is 1. The third-order valence-electron chi connectivity index (χ3n) is 5.41. The second-order valence-electron chi connectivity index (χ2n) is 7.30.